The lowest BCUT2D eigenvalue weighted by molar-refractivity contribution is -0.140. The number of benzene rings is 5. The van der Waals surface area contributed by atoms with Crippen LogP contribution in [0.25, 0.3) is 71.7 Å². The summed E-state index contributed by atoms with van der Waals surface area (Å²) in [5.41, 5.74) is 10.6. The second kappa shape index (κ2) is 40.6. The molecule has 4 atom stereocenters. The van der Waals surface area contributed by atoms with Gasteiger partial charge in [-0.05, 0) is 252 Å². The van der Waals surface area contributed by atoms with Crippen LogP contribution in [0.5, 0.6) is 11.5 Å². The monoisotopic (exact) mass is 1860 g/mol. The van der Waals surface area contributed by atoms with E-state index in [4.69, 9.17) is 36.0 Å². The summed E-state index contributed by atoms with van der Waals surface area (Å²) in [6, 6.07) is 41.8. The van der Waals surface area contributed by atoms with Gasteiger partial charge < -0.3 is 50.8 Å². The van der Waals surface area contributed by atoms with Crippen molar-refractivity contribution >= 4 is 125 Å². The molecular formula is C97H105ClF3N21O5S4. The van der Waals surface area contributed by atoms with Crippen molar-refractivity contribution in [1.29, 1.82) is 0 Å². The number of hydrogen-bond donors (Lipinski definition) is 5. The van der Waals surface area contributed by atoms with Crippen molar-refractivity contribution in [2.45, 2.75) is 133 Å². The first-order chi connectivity index (χ1) is 63.6. The van der Waals surface area contributed by atoms with E-state index in [9.17, 15) is 27.6 Å². The van der Waals surface area contributed by atoms with Crippen molar-refractivity contribution in [1.82, 2.24) is 88.8 Å². The molecule has 131 heavy (non-hydrogen) atoms. The fraction of sp³-hybridized carbons (Fsp3) is 0.381. The summed E-state index contributed by atoms with van der Waals surface area (Å²) < 4.78 is 57.4. The Labute approximate surface area is 778 Å². The highest BCUT2D eigenvalue weighted by Gasteiger charge is 2.34. The summed E-state index contributed by atoms with van der Waals surface area (Å²) in [5, 5.41) is 25.4. The van der Waals surface area contributed by atoms with Crippen LogP contribution in [-0.2, 0) is 13.1 Å². The molecule has 15 heterocycles. The van der Waals surface area contributed by atoms with Crippen molar-refractivity contribution in [3.05, 3.63) is 242 Å². The normalized spacial score (nSPS) is 18.7. The average Bonchev–Trinajstić information content (AvgIpc) is 1.74. The van der Waals surface area contributed by atoms with Gasteiger partial charge in [0, 0.05) is 157 Å². The summed E-state index contributed by atoms with van der Waals surface area (Å²) in [4.78, 5) is 93.6. The summed E-state index contributed by atoms with van der Waals surface area (Å²) in [6.07, 6.45) is 14.8. The third kappa shape index (κ3) is 21.6. The van der Waals surface area contributed by atoms with Gasteiger partial charge in [-0.15, -0.1) is 34.0 Å². The molecule has 4 unspecified atom stereocenters. The van der Waals surface area contributed by atoms with Gasteiger partial charge in [0.25, 0.3) is 16.7 Å². The molecule has 9 aromatic heterocycles. The number of likely N-dealkylation sites (N-methyl/N-ethyl adjacent to an activating group) is 2. The van der Waals surface area contributed by atoms with E-state index >= 15 is 0 Å². The summed E-state index contributed by atoms with van der Waals surface area (Å²) >= 11 is 13.3. The first-order valence-electron chi connectivity index (χ1n) is 44.8. The zero-order valence-corrected chi connectivity index (χ0v) is 78.0. The number of ether oxygens (including phenoxy) is 2. The van der Waals surface area contributed by atoms with E-state index < -0.39 is 18.3 Å². The van der Waals surface area contributed by atoms with E-state index in [2.05, 4.69) is 160 Å². The molecule has 6 aliphatic rings. The molecule has 0 bridgehead atoms. The van der Waals surface area contributed by atoms with Gasteiger partial charge in [0.05, 0.1) is 22.8 Å². The molecule has 6 aliphatic heterocycles. The lowest BCUT2D eigenvalue weighted by atomic mass is 9.84. The number of aromatic nitrogens is 12. The smallest absolute Gasteiger partial charge is 0.406 e. The molecule has 0 aliphatic carbocycles. The lowest BCUT2D eigenvalue weighted by Crippen LogP contribution is -2.34. The predicted octanol–water partition coefficient (Wildman–Crippen LogP) is 18.2. The minimum atomic E-state index is -4.63. The van der Waals surface area contributed by atoms with Crippen LogP contribution in [0.4, 0.5) is 48.1 Å². The number of pyridine rings is 3. The number of fused-ring (bicyclic) bond motifs is 3. The van der Waals surface area contributed by atoms with Gasteiger partial charge in [-0.3, -0.25) is 28.4 Å². The van der Waals surface area contributed by atoms with Crippen molar-refractivity contribution in [2.24, 2.45) is 0 Å². The van der Waals surface area contributed by atoms with Crippen LogP contribution in [0.15, 0.2) is 184 Å². The van der Waals surface area contributed by atoms with Gasteiger partial charge >= 0.3 is 6.18 Å². The van der Waals surface area contributed by atoms with Crippen LogP contribution in [0.1, 0.15) is 124 Å². The van der Waals surface area contributed by atoms with Crippen LogP contribution in [0.2, 0.25) is 5.02 Å². The standard InChI is InChI=1S/C34H37N7O2S.C33H34ClN7OS2.C30H34F3N7O2S/c1-22-4-9-28(29(18-22)23-10-14-39(2)15-11-23)30-19-24-20-36-33(38-31(24)41(32(30)42)34-35-13-17-44-34)37-25-5-7-26(8-6-25)43-27-12-16-40(3)21-27;1-40-13-3-2-4-28(40)22-7-10-25(27(34)17-22)26-16-23-18-37-33(39-31(23)41(32(26)42)20-30-36-12-15-44-30)38-24-8-5-21(6-9-24)29-19-35-11-14-43-29;1-18-25(37-27(43-18)19-4-3-13-39(2)16-19)24-14-20-15-35-29(38-26(20)40(28(24)41)17-30(31,32)33)36-21-5-7-22(8-6-21)42-23-9-11-34-12-10-23/h4-9,13,17-20,23,27H,10-12,14-16,21H2,1-3H3,(H,36,37,38);5-10,12,15-18,28-29,35H,2-4,11,13-14,19-20H2,1H3,(H,37,38,39);5-8,14-15,19,23,34H,3-4,9-13,16-17H2,1-2H3,(H,35,36,38). The van der Waals surface area contributed by atoms with Crippen molar-refractivity contribution in [3.8, 4) is 50.1 Å². The number of alkyl halides is 3. The molecule has 20 rings (SSSR count). The third-order valence-electron chi connectivity index (χ3n) is 25.2. The van der Waals surface area contributed by atoms with Crippen molar-refractivity contribution in [3.63, 3.8) is 0 Å². The van der Waals surface area contributed by atoms with Crippen molar-refractivity contribution < 1.29 is 22.6 Å². The average molecular weight is 1870 g/mol. The number of halogens is 4. The Balaban J connectivity index is 0.000000132. The molecule has 0 radical (unpaired) electrons. The quantitative estimate of drug-likeness (QED) is 0.0447. The maximum absolute atomic E-state index is 14.3. The van der Waals surface area contributed by atoms with Crippen LogP contribution >= 0.6 is 57.4 Å². The lowest BCUT2D eigenvalue weighted by Gasteiger charge is -2.33. The zero-order chi connectivity index (χ0) is 90.4. The number of piperidine rings is 4. The number of likely N-dealkylation sites (tertiary alicyclic amines) is 4. The first-order valence-corrected chi connectivity index (χ1v) is 48.8. The molecule has 0 amide bonds. The highest BCUT2D eigenvalue weighted by atomic mass is 35.5. The van der Waals surface area contributed by atoms with Crippen LogP contribution in [0, 0.1) is 13.8 Å². The first kappa shape index (κ1) is 90.6. The SMILES string of the molecule is CN1CCCCC1c1ccc(-c2cc3cnc(Nc4ccc(C5CNCCS5)cc4)nc3n(Cc3nccs3)c2=O)c(Cl)c1.Cc1ccc(-c2cc3cnc(Nc4ccc(OC5CCN(C)C5)cc4)nc3n(-c3nccs3)c2=O)c(C2CCN(C)CC2)c1.Cc1sc(C2CCCN(C)C2)nc1-c1cc2cnc(Nc3ccc(OC4CCNCC4)cc3)nc2n(CC(F)(F)F)c1=O. The fourth-order valence-corrected chi connectivity index (χ4v) is 22.0. The van der Waals surface area contributed by atoms with E-state index in [1.54, 1.807) is 52.1 Å². The number of hydrogen-bond acceptors (Lipinski definition) is 27. The van der Waals surface area contributed by atoms with E-state index in [1.807, 2.05) is 90.1 Å². The summed E-state index contributed by atoms with van der Waals surface area (Å²) in [6.45, 7) is 13.8. The molecule has 6 fully saturated rings. The maximum atomic E-state index is 14.3. The minimum Gasteiger partial charge on any atom is -0.490 e. The summed E-state index contributed by atoms with van der Waals surface area (Å²) in [5.74, 6) is 4.25. The second-order valence-electron chi connectivity index (χ2n) is 34.8. The Morgan fingerprint density at radius 3 is 1.73 bits per heavy atom. The zero-order valence-electron chi connectivity index (χ0n) is 73.9. The number of nitrogens with zero attached hydrogens (tertiary/aromatic N) is 16. The van der Waals surface area contributed by atoms with Gasteiger partial charge in [0.1, 0.15) is 46.6 Å². The van der Waals surface area contributed by atoms with Crippen LogP contribution in [-0.4, -0.2) is 202 Å². The Hall–Kier alpha value is -11.0. The van der Waals surface area contributed by atoms with Gasteiger partial charge in [0.2, 0.25) is 17.8 Å². The maximum Gasteiger partial charge on any atom is 0.406 e. The highest BCUT2D eigenvalue weighted by Crippen LogP contribution is 2.41. The number of thioether (sulfide) groups is 1. The Morgan fingerprint density at radius 2 is 1.11 bits per heavy atom. The number of nitrogens with one attached hydrogen (secondary N) is 5. The Morgan fingerprint density at radius 1 is 0.519 bits per heavy atom. The molecular weight excluding hydrogens is 1760 g/mol. The number of aryl methyl sites for hydroxylation is 2. The minimum absolute atomic E-state index is 0.0798. The molecule has 6 saturated heterocycles. The molecule has 34 heteroatoms. The van der Waals surface area contributed by atoms with E-state index in [0.717, 1.165) is 183 Å². The second-order valence-corrected chi connectivity index (χ2v) is 39.6. The Bertz CT molecular complexity index is 6550. The molecule has 0 saturated carbocycles. The van der Waals surface area contributed by atoms with E-state index in [1.165, 1.54) is 75.3 Å². The Kier molecular flexibility index (Phi) is 28.1. The van der Waals surface area contributed by atoms with Crippen molar-refractivity contribution in [2.75, 3.05) is 122 Å². The molecule has 14 aromatic rings. The number of thiazole rings is 3. The number of anilines is 6. The summed E-state index contributed by atoms with van der Waals surface area (Å²) in [7, 11) is 8.52. The topological polar surface area (TPSA) is 274 Å². The predicted molar refractivity (Wildman–Crippen MR) is 521 cm³/mol. The largest absolute Gasteiger partial charge is 0.490 e. The van der Waals surface area contributed by atoms with Gasteiger partial charge in [-0.1, -0.05) is 66.0 Å². The highest BCUT2D eigenvalue weighted by molar-refractivity contribution is 7.99. The molecule has 5 N–H and O–H groups in total. The van der Waals surface area contributed by atoms with Gasteiger partial charge in [-0.2, -0.15) is 39.9 Å². The van der Waals surface area contributed by atoms with E-state index in [0.29, 0.717) is 95.1 Å². The van der Waals surface area contributed by atoms with Gasteiger partial charge in [0.15, 0.2) is 10.8 Å². The molecule has 5 aromatic carbocycles. The van der Waals surface area contributed by atoms with Crippen LogP contribution in [0.3, 0.4) is 0 Å². The van der Waals surface area contributed by atoms with Gasteiger partial charge in [-0.25, -0.2) is 34.5 Å². The number of rotatable bonds is 21. The molecule has 680 valence electrons. The van der Waals surface area contributed by atoms with E-state index in [-0.39, 0.29) is 46.4 Å². The van der Waals surface area contributed by atoms with Crippen LogP contribution < -0.4 is 52.7 Å². The fourth-order valence-electron chi connectivity index (χ4n) is 18.3. The molecule has 0 spiro atoms. The molecule has 26 nitrogen and oxygen atoms in total. The third-order valence-corrected chi connectivity index (χ3v) is 29.4.